The van der Waals surface area contributed by atoms with E-state index < -0.39 is 24.1 Å². The normalized spacial score (nSPS) is 20.6. The van der Waals surface area contributed by atoms with Crippen LogP contribution in [0.5, 0.6) is 0 Å². The lowest BCUT2D eigenvalue weighted by atomic mass is 9.84. The second-order valence-electron chi connectivity index (χ2n) is 10.1. The van der Waals surface area contributed by atoms with Crippen LogP contribution in [0.4, 0.5) is 0 Å². The molecule has 0 aromatic heterocycles. The lowest BCUT2D eigenvalue weighted by Crippen LogP contribution is -2.54. The molecule has 1 saturated carbocycles. The highest BCUT2D eigenvalue weighted by Crippen LogP contribution is 2.48. The average Bonchev–Trinajstić information content (AvgIpc) is 3.48. The number of rotatable bonds is 13. The van der Waals surface area contributed by atoms with Crippen molar-refractivity contribution in [3.05, 3.63) is 35.9 Å². The summed E-state index contributed by atoms with van der Waals surface area (Å²) in [6, 6.07) is 7.74. The minimum Gasteiger partial charge on any atom is -0.480 e. The number of hydrogen-bond donors (Lipinski definition) is 3. The summed E-state index contributed by atoms with van der Waals surface area (Å²) < 4.78 is 5.32. The minimum atomic E-state index is -0.950. The number of unbranched alkanes of at least 4 members (excludes halogenated alkanes) is 1. The summed E-state index contributed by atoms with van der Waals surface area (Å²) in [6.45, 7) is 3.01. The molecule has 2 aliphatic rings. The van der Waals surface area contributed by atoms with Crippen LogP contribution in [-0.4, -0.2) is 65.7 Å². The predicted molar refractivity (Wildman–Crippen MR) is 134 cm³/mol. The third-order valence-electron chi connectivity index (χ3n) is 7.52. The van der Waals surface area contributed by atoms with Gasteiger partial charge >= 0.3 is 11.9 Å². The third-order valence-corrected chi connectivity index (χ3v) is 7.52. The monoisotopic (exact) mass is 487 g/mol. The van der Waals surface area contributed by atoms with E-state index in [0.29, 0.717) is 45.2 Å². The number of likely N-dealkylation sites (tertiary alicyclic amines) is 1. The number of carboxylic acids is 1. The van der Waals surface area contributed by atoms with Gasteiger partial charge in [0, 0.05) is 6.54 Å². The first-order chi connectivity index (χ1) is 16.9. The van der Waals surface area contributed by atoms with E-state index >= 15 is 0 Å². The summed E-state index contributed by atoms with van der Waals surface area (Å²) in [5.41, 5.74) is 6.70. The van der Waals surface area contributed by atoms with E-state index in [1.165, 1.54) is 0 Å². The Kier molecular flexibility index (Phi) is 10.1. The average molecular weight is 488 g/mol. The Hall–Kier alpha value is -2.45. The molecule has 35 heavy (non-hydrogen) atoms. The van der Waals surface area contributed by atoms with E-state index in [-0.39, 0.29) is 23.9 Å². The van der Waals surface area contributed by atoms with Gasteiger partial charge in [0.25, 0.3) is 0 Å². The van der Waals surface area contributed by atoms with Gasteiger partial charge in [0.05, 0.1) is 12.6 Å². The summed E-state index contributed by atoms with van der Waals surface area (Å²) in [7, 11) is 0. The molecule has 8 nitrogen and oxygen atoms in total. The Bertz CT molecular complexity index is 840. The van der Waals surface area contributed by atoms with Crippen LogP contribution in [0.2, 0.25) is 0 Å². The maximum absolute atomic E-state index is 13.8. The molecule has 1 amide bonds. The lowest BCUT2D eigenvalue weighted by Gasteiger charge is -2.30. The summed E-state index contributed by atoms with van der Waals surface area (Å²) in [6.07, 6.45) is 7.71. The fraction of sp³-hybridized carbons (Fsp3) is 0.667. The molecular formula is C27H41N3O5. The van der Waals surface area contributed by atoms with Crippen LogP contribution in [-0.2, 0) is 25.5 Å². The molecule has 3 rings (SSSR count). The first kappa shape index (κ1) is 27.1. The number of aryl methyl sites for hydroxylation is 1. The maximum Gasteiger partial charge on any atom is 0.326 e. The number of benzene rings is 1. The quantitative estimate of drug-likeness (QED) is 0.289. The Morgan fingerprint density at radius 1 is 1.14 bits per heavy atom. The number of carbonyl (C=O) groups is 3. The van der Waals surface area contributed by atoms with Crippen molar-refractivity contribution in [2.24, 2.45) is 11.1 Å². The maximum atomic E-state index is 13.8. The number of hydrogen-bond acceptors (Lipinski definition) is 6. The molecule has 1 aliphatic heterocycles. The van der Waals surface area contributed by atoms with Gasteiger partial charge in [0.15, 0.2) is 0 Å². The standard InChI is InChI=1S/C27H41N3O5/c1-2-35-26(34)22(14-13-20-10-4-3-5-11-20)29-21(12-6-9-17-28)24(31)30-19-27(15-7-8-16-27)18-23(30)25(32)33/h3-5,10-11,21-23,29H,2,6-9,12-19,28H2,1H3,(H,32,33)/t21-,22?,23?/m0/s1. The first-order valence-corrected chi connectivity index (χ1v) is 13.1. The highest BCUT2D eigenvalue weighted by molar-refractivity contribution is 5.88. The molecule has 194 valence electrons. The minimum absolute atomic E-state index is 0.0889. The molecule has 8 heteroatoms. The van der Waals surface area contributed by atoms with Crippen molar-refractivity contribution in [1.29, 1.82) is 0 Å². The highest BCUT2D eigenvalue weighted by atomic mass is 16.5. The Labute approximate surface area is 208 Å². The second-order valence-corrected chi connectivity index (χ2v) is 10.1. The smallest absolute Gasteiger partial charge is 0.326 e. The summed E-state index contributed by atoms with van der Waals surface area (Å²) in [5, 5.41) is 13.2. The predicted octanol–water partition coefficient (Wildman–Crippen LogP) is 2.88. The van der Waals surface area contributed by atoms with Gasteiger partial charge in [-0.25, -0.2) is 4.79 Å². The van der Waals surface area contributed by atoms with Crippen molar-refractivity contribution in [1.82, 2.24) is 10.2 Å². The van der Waals surface area contributed by atoms with Gasteiger partial charge in [0.2, 0.25) is 5.91 Å². The zero-order chi connectivity index (χ0) is 25.3. The van der Waals surface area contributed by atoms with E-state index in [0.717, 1.165) is 37.7 Å². The Morgan fingerprint density at radius 3 is 2.49 bits per heavy atom. The molecule has 1 saturated heterocycles. The van der Waals surface area contributed by atoms with Crippen molar-refractivity contribution >= 4 is 17.8 Å². The van der Waals surface area contributed by atoms with Gasteiger partial charge in [-0.3, -0.25) is 14.9 Å². The van der Waals surface area contributed by atoms with Crippen LogP contribution in [0.15, 0.2) is 30.3 Å². The molecule has 1 aliphatic carbocycles. The molecule has 0 bridgehead atoms. The molecular weight excluding hydrogens is 446 g/mol. The van der Waals surface area contributed by atoms with E-state index in [1.54, 1.807) is 11.8 Å². The molecule has 1 aromatic rings. The molecule has 4 N–H and O–H groups in total. The van der Waals surface area contributed by atoms with Crippen molar-refractivity contribution in [3.63, 3.8) is 0 Å². The van der Waals surface area contributed by atoms with E-state index in [1.807, 2.05) is 30.3 Å². The number of nitrogens with two attached hydrogens (primary N) is 1. The molecule has 1 spiro atoms. The van der Waals surface area contributed by atoms with Crippen molar-refractivity contribution in [2.45, 2.75) is 89.3 Å². The van der Waals surface area contributed by atoms with Crippen LogP contribution in [0.3, 0.4) is 0 Å². The van der Waals surface area contributed by atoms with Crippen molar-refractivity contribution in [3.8, 4) is 0 Å². The van der Waals surface area contributed by atoms with Crippen LogP contribution >= 0.6 is 0 Å². The van der Waals surface area contributed by atoms with Gasteiger partial charge in [-0.05, 0) is 69.4 Å². The number of nitrogens with one attached hydrogen (secondary N) is 1. The molecule has 2 fully saturated rings. The molecule has 0 radical (unpaired) electrons. The number of amides is 1. The Balaban J connectivity index is 1.78. The van der Waals surface area contributed by atoms with Crippen LogP contribution in [0, 0.1) is 5.41 Å². The van der Waals surface area contributed by atoms with Gasteiger partial charge < -0.3 is 20.5 Å². The lowest BCUT2D eigenvalue weighted by molar-refractivity contribution is -0.150. The number of carbonyl (C=O) groups excluding carboxylic acids is 2. The first-order valence-electron chi connectivity index (χ1n) is 13.1. The van der Waals surface area contributed by atoms with Crippen molar-refractivity contribution < 1.29 is 24.2 Å². The van der Waals surface area contributed by atoms with Gasteiger partial charge in [-0.2, -0.15) is 0 Å². The number of ether oxygens (including phenoxy) is 1. The third kappa shape index (κ3) is 7.27. The zero-order valence-electron chi connectivity index (χ0n) is 20.9. The van der Waals surface area contributed by atoms with Crippen LogP contribution in [0.25, 0.3) is 0 Å². The molecule has 1 aromatic carbocycles. The van der Waals surface area contributed by atoms with Crippen LogP contribution < -0.4 is 11.1 Å². The SMILES string of the molecule is CCOC(=O)C(CCc1ccccc1)N[C@@H](CCCCN)C(=O)N1CC2(CCCC2)CC1C(=O)O. The van der Waals surface area contributed by atoms with Gasteiger partial charge in [-0.15, -0.1) is 0 Å². The fourth-order valence-corrected chi connectivity index (χ4v) is 5.68. The molecule has 3 atom stereocenters. The summed E-state index contributed by atoms with van der Waals surface area (Å²) in [4.78, 5) is 40.3. The zero-order valence-corrected chi connectivity index (χ0v) is 20.9. The second kappa shape index (κ2) is 13.0. The van der Waals surface area contributed by atoms with Gasteiger partial charge in [0.1, 0.15) is 12.1 Å². The number of nitrogens with zero attached hydrogens (tertiary/aromatic N) is 1. The number of aliphatic carboxylic acids is 1. The number of esters is 1. The van der Waals surface area contributed by atoms with Crippen LogP contribution in [0.1, 0.15) is 70.3 Å². The highest BCUT2D eigenvalue weighted by Gasteiger charge is 2.50. The van der Waals surface area contributed by atoms with E-state index in [2.05, 4.69) is 5.32 Å². The fourth-order valence-electron chi connectivity index (χ4n) is 5.68. The molecule has 1 heterocycles. The summed E-state index contributed by atoms with van der Waals surface area (Å²) >= 11 is 0. The van der Waals surface area contributed by atoms with Gasteiger partial charge in [-0.1, -0.05) is 49.6 Å². The Morgan fingerprint density at radius 2 is 1.86 bits per heavy atom. The van der Waals surface area contributed by atoms with E-state index in [9.17, 15) is 19.5 Å². The topological polar surface area (TPSA) is 122 Å². The molecule has 2 unspecified atom stereocenters. The largest absolute Gasteiger partial charge is 0.480 e. The number of carboxylic acid groups (broad SMARTS) is 1. The summed E-state index contributed by atoms with van der Waals surface area (Å²) in [5.74, 6) is -1.57. The van der Waals surface area contributed by atoms with Crippen molar-refractivity contribution in [2.75, 3.05) is 19.7 Å². The van der Waals surface area contributed by atoms with E-state index in [4.69, 9.17) is 10.5 Å².